The second kappa shape index (κ2) is 3.42. The molecule has 0 N–H and O–H groups in total. The van der Waals surface area contributed by atoms with E-state index in [9.17, 15) is 4.57 Å². The van der Waals surface area contributed by atoms with Crippen LogP contribution in [-0.2, 0) is 9.09 Å². The third-order valence-corrected chi connectivity index (χ3v) is 3.98. The highest BCUT2D eigenvalue weighted by Gasteiger charge is 2.18. The Kier molecular flexibility index (Phi) is 2.71. The first-order chi connectivity index (χ1) is 5.58. The topological polar surface area (TPSA) is 26.3 Å². The second-order valence-corrected chi connectivity index (χ2v) is 5.35. The van der Waals surface area contributed by atoms with Crippen LogP contribution in [0.25, 0.3) is 0 Å². The van der Waals surface area contributed by atoms with Gasteiger partial charge in [0.1, 0.15) is 0 Å². The average molecular weight is 184 g/mol. The fourth-order valence-corrected chi connectivity index (χ4v) is 2.39. The van der Waals surface area contributed by atoms with Gasteiger partial charge in [-0.25, -0.2) is 0 Å². The summed E-state index contributed by atoms with van der Waals surface area (Å²) in [6.07, 6.45) is 0. The van der Waals surface area contributed by atoms with Gasteiger partial charge in [-0.05, 0) is 18.6 Å². The molecule has 0 amide bonds. The maximum atomic E-state index is 11.8. The molecule has 1 aromatic carbocycles. The van der Waals surface area contributed by atoms with E-state index in [4.69, 9.17) is 4.52 Å². The molecule has 0 saturated heterocycles. The molecule has 1 aromatic rings. The van der Waals surface area contributed by atoms with Crippen LogP contribution in [0.5, 0.6) is 0 Å². The Bertz CT molecular complexity index is 320. The van der Waals surface area contributed by atoms with E-state index in [1.54, 1.807) is 6.66 Å². The van der Waals surface area contributed by atoms with Crippen molar-refractivity contribution in [1.29, 1.82) is 0 Å². The summed E-state index contributed by atoms with van der Waals surface area (Å²) in [6, 6.07) is 7.58. The summed E-state index contributed by atoms with van der Waals surface area (Å²) >= 11 is 0. The molecule has 0 aliphatic rings. The van der Waals surface area contributed by atoms with E-state index in [0.29, 0.717) is 0 Å². The lowest BCUT2D eigenvalue weighted by Crippen LogP contribution is -2.08. The molecular formula is C9H13O2P. The van der Waals surface area contributed by atoms with Crippen molar-refractivity contribution >= 4 is 12.7 Å². The normalized spacial score (nSPS) is 15.6. The van der Waals surface area contributed by atoms with E-state index >= 15 is 0 Å². The van der Waals surface area contributed by atoms with Crippen LogP contribution in [-0.4, -0.2) is 13.8 Å². The largest absolute Gasteiger partial charge is 0.329 e. The molecule has 0 aromatic heterocycles. The van der Waals surface area contributed by atoms with Gasteiger partial charge in [0, 0.05) is 19.1 Å². The lowest BCUT2D eigenvalue weighted by atomic mass is 10.2. The Morgan fingerprint density at radius 2 is 1.92 bits per heavy atom. The van der Waals surface area contributed by atoms with Gasteiger partial charge < -0.3 is 4.52 Å². The highest BCUT2D eigenvalue weighted by atomic mass is 31.2. The van der Waals surface area contributed by atoms with Crippen molar-refractivity contribution in [3.05, 3.63) is 29.8 Å². The maximum absolute atomic E-state index is 11.8. The standard InChI is InChI=1S/C9H13O2P/c1-8-6-4-5-7-9(8)12(3,10)11-2/h4-7H,1-3H3. The van der Waals surface area contributed by atoms with Gasteiger partial charge in [0.15, 0.2) is 0 Å². The summed E-state index contributed by atoms with van der Waals surface area (Å²) in [5.41, 5.74) is 1.02. The predicted octanol–water partition coefficient (Wildman–Crippen LogP) is 2.17. The molecule has 1 unspecified atom stereocenters. The molecule has 1 atom stereocenters. The summed E-state index contributed by atoms with van der Waals surface area (Å²) in [7, 11) is -1.08. The summed E-state index contributed by atoms with van der Waals surface area (Å²) < 4.78 is 16.7. The number of hydrogen-bond acceptors (Lipinski definition) is 2. The fraction of sp³-hybridized carbons (Fsp3) is 0.333. The summed E-state index contributed by atoms with van der Waals surface area (Å²) in [5.74, 6) is 0. The number of benzene rings is 1. The molecule has 0 heterocycles. The highest BCUT2D eigenvalue weighted by molar-refractivity contribution is 7.66. The van der Waals surface area contributed by atoms with Crippen LogP contribution in [0.1, 0.15) is 5.56 Å². The first-order valence-corrected chi connectivity index (χ1v) is 5.84. The van der Waals surface area contributed by atoms with Gasteiger partial charge in [-0.2, -0.15) is 0 Å². The molecule has 3 heteroatoms. The minimum Gasteiger partial charge on any atom is -0.329 e. The maximum Gasteiger partial charge on any atom is 0.229 e. The number of rotatable bonds is 2. The van der Waals surface area contributed by atoms with E-state index in [0.717, 1.165) is 10.9 Å². The van der Waals surface area contributed by atoms with Crippen LogP contribution in [0.15, 0.2) is 24.3 Å². The van der Waals surface area contributed by atoms with Gasteiger partial charge in [-0.15, -0.1) is 0 Å². The van der Waals surface area contributed by atoms with Crippen molar-refractivity contribution in [3.63, 3.8) is 0 Å². The van der Waals surface area contributed by atoms with Crippen molar-refractivity contribution in [2.45, 2.75) is 6.92 Å². The average Bonchev–Trinajstić information content (AvgIpc) is 2.05. The zero-order valence-electron chi connectivity index (χ0n) is 7.57. The van der Waals surface area contributed by atoms with Gasteiger partial charge >= 0.3 is 0 Å². The molecule has 0 radical (unpaired) electrons. The Morgan fingerprint density at radius 3 is 2.42 bits per heavy atom. The quantitative estimate of drug-likeness (QED) is 0.658. The Hall–Kier alpha value is -0.590. The van der Waals surface area contributed by atoms with Crippen LogP contribution < -0.4 is 5.30 Å². The molecule has 0 fully saturated rings. The van der Waals surface area contributed by atoms with Gasteiger partial charge in [-0.3, -0.25) is 4.57 Å². The van der Waals surface area contributed by atoms with Gasteiger partial charge in [0.25, 0.3) is 0 Å². The molecule has 0 aliphatic heterocycles. The molecule has 1 rings (SSSR count). The molecule has 0 spiro atoms. The molecule has 0 bridgehead atoms. The predicted molar refractivity (Wildman–Crippen MR) is 51.4 cm³/mol. The van der Waals surface area contributed by atoms with E-state index in [1.165, 1.54) is 7.11 Å². The monoisotopic (exact) mass is 184 g/mol. The van der Waals surface area contributed by atoms with Crippen LogP contribution in [0.3, 0.4) is 0 Å². The van der Waals surface area contributed by atoms with Gasteiger partial charge in [0.05, 0.1) is 0 Å². The number of hydrogen-bond donors (Lipinski definition) is 0. The third kappa shape index (κ3) is 1.77. The molecular weight excluding hydrogens is 171 g/mol. The zero-order chi connectivity index (χ0) is 9.19. The van der Waals surface area contributed by atoms with Crippen LogP contribution in [0.2, 0.25) is 0 Å². The molecule has 12 heavy (non-hydrogen) atoms. The Balaban J connectivity index is 3.20. The zero-order valence-corrected chi connectivity index (χ0v) is 8.47. The first-order valence-electron chi connectivity index (χ1n) is 3.77. The van der Waals surface area contributed by atoms with Crippen LogP contribution >= 0.6 is 7.37 Å². The third-order valence-electron chi connectivity index (χ3n) is 1.90. The van der Waals surface area contributed by atoms with E-state index in [2.05, 4.69) is 0 Å². The van der Waals surface area contributed by atoms with Gasteiger partial charge in [0.2, 0.25) is 7.37 Å². The van der Waals surface area contributed by atoms with Crippen LogP contribution in [0, 0.1) is 6.92 Å². The summed E-state index contributed by atoms with van der Waals surface area (Å²) in [6.45, 7) is 3.57. The van der Waals surface area contributed by atoms with Crippen molar-refractivity contribution in [3.8, 4) is 0 Å². The molecule has 66 valence electrons. The van der Waals surface area contributed by atoms with E-state index in [-0.39, 0.29) is 0 Å². The Labute approximate surface area is 73.0 Å². The number of aryl methyl sites for hydroxylation is 1. The van der Waals surface area contributed by atoms with E-state index in [1.807, 2.05) is 31.2 Å². The fourth-order valence-electron chi connectivity index (χ4n) is 1.12. The molecule has 0 aliphatic carbocycles. The molecule has 2 nitrogen and oxygen atoms in total. The smallest absolute Gasteiger partial charge is 0.229 e. The second-order valence-electron chi connectivity index (χ2n) is 2.81. The van der Waals surface area contributed by atoms with Crippen molar-refractivity contribution in [2.75, 3.05) is 13.8 Å². The minimum absolute atomic E-state index is 0.813. The van der Waals surface area contributed by atoms with Crippen molar-refractivity contribution in [1.82, 2.24) is 0 Å². The van der Waals surface area contributed by atoms with Crippen molar-refractivity contribution in [2.24, 2.45) is 0 Å². The highest BCUT2D eigenvalue weighted by Crippen LogP contribution is 2.40. The Morgan fingerprint density at radius 1 is 1.33 bits per heavy atom. The van der Waals surface area contributed by atoms with Gasteiger partial charge in [-0.1, -0.05) is 18.2 Å². The first kappa shape index (κ1) is 9.50. The lowest BCUT2D eigenvalue weighted by molar-refractivity contribution is 0.408. The summed E-state index contributed by atoms with van der Waals surface area (Å²) in [5, 5.41) is 0.813. The minimum atomic E-state index is -2.56. The summed E-state index contributed by atoms with van der Waals surface area (Å²) in [4.78, 5) is 0. The van der Waals surface area contributed by atoms with E-state index < -0.39 is 7.37 Å². The lowest BCUT2D eigenvalue weighted by Gasteiger charge is -2.12. The molecule has 0 saturated carbocycles. The van der Waals surface area contributed by atoms with Crippen LogP contribution in [0.4, 0.5) is 0 Å². The van der Waals surface area contributed by atoms with Crippen molar-refractivity contribution < 1.29 is 9.09 Å². The SMILES string of the molecule is COP(C)(=O)c1ccccc1C.